The minimum Gasteiger partial charge on any atom is -0.457 e. The van der Waals surface area contributed by atoms with Gasteiger partial charge in [0, 0.05) is 10.9 Å². The van der Waals surface area contributed by atoms with Crippen molar-refractivity contribution in [2.24, 2.45) is 0 Å². The fraction of sp³-hybridized carbons (Fsp3) is 0.0833. The minimum absolute atomic E-state index is 0.146. The summed E-state index contributed by atoms with van der Waals surface area (Å²) in [4.78, 5) is 28.4. The second kappa shape index (κ2) is 7.92. The third-order valence-electron chi connectivity index (χ3n) is 4.60. The lowest BCUT2D eigenvalue weighted by molar-refractivity contribution is -0.141. The van der Waals surface area contributed by atoms with Crippen molar-refractivity contribution < 1.29 is 14.3 Å². The summed E-state index contributed by atoms with van der Waals surface area (Å²) in [6, 6.07) is 26.7. The molecule has 1 aromatic heterocycles. The number of ether oxygens (including phenoxy) is 1. The Morgan fingerprint density at radius 2 is 1.43 bits per heavy atom. The van der Waals surface area contributed by atoms with Gasteiger partial charge in [0.25, 0.3) is 0 Å². The molecule has 0 aliphatic carbocycles. The third-order valence-corrected chi connectivity index (χ3v) is 4.60. The number of benzene rings is 3. The van der Waals surface area contributed by atoms with Crippen molar-refractivity contribution in [1.82, 2.24) is 4.98 Å². The number of hydrogen-bond acceptors (Lipinski definition) is 3. The van der Waals surface area contributed by atoms with Gasteiger partial charge in [0.05, 0.1) is 17.7 Å². The van der Waals surface area contributed by atoms with E-state index in [1.54, 1.807) is 0 Å². The molecule has 4 heteroatoms. The van der Waals surface area contributed by atoms with E-state index in [1.807, 2.05) is 84.9 Å². The van der Waals surface area contributed by atoms with Gasteiger partial charge in [0.15, 0.2) is 6.61 Å². The Labute approximate surface area is 162 Å². The maximum absolute atomic E-state index is 13.0. The Kier molecular flexibility index (Phi) is 5.02. The Bertz CT molecular complexity index is 1110. The summed E-state index contributed by atoms with van der Waals surface area (Å²) < 4.78 is 5.27. The summed E-state index contributed by atoms with van der Waals surface area (Å²) >= 11 is 0. The standard InChI is InChI=1S/C24H19NO3/c26-21(16-28-22(27)15-17-9-3-1-4-10-17)23-19-13-7-8-14-20(19)25-24(23)18-11-5-2-6-12-18/h1-14,25H,15-16H2. The van der Waals surface area contributed by atoms with Crippen molar-refractivity contribution in [2.75, 3.05) is 6.61 Å². The second-order valence-corrected chi connectivity index (χ2v) is 6.53. The highest BCUT2D eigenvalue weighted by Crippen LogP contribution is 2.30. The number of aromatic amines is 1. The molecule has 4 nitrogen and oxygen atoms in total. The summed E-state index contributed by atoms with van der Waals surface area (Å²) in [5.41, 5.74) is 3.94. The topological polar surface area (TPSA) is 59.2 Å². The van der Waals surface area contributed by atoms with E-state index in [4.69, 9.17) is 4.74 Å². The molecule has 1 heterocycles. The Morgan fingerprint density at radius 1 is 0.786 bits per heavy atom. The van der Waals surface area contributed by atoms with Crippen molar-refractivity contribution in [3.05, 3.63) is 96.1 Å². The molecule has 0 unspecified atom stereocenters. The molecule has 0 radical (unpaired) electrons. The van der Waals surface area contributed by atoms with Gasteiger partial charge in [-0.05, 0) is 17.2 Å². The van der Waals surface area contributed by atoms with Crippen LogP contribution >= 0.6 is 0 Å². The van der Waals surface area contributed by atoms with E-state index in [0.717, 1.165) is 27.7 Å². The molecule has 4 aromatic rings. The molecular weight excluding hydrogens is 350 g/mol. The van der Waals surface area contributed by atoms with Crippen molar-refractivity contribution >= 4 is 22.7 Å². The van der Waals surface area contributed by atoms with Crippen LogP contribution in [0.3, 0.4) is 0 Å². The molecule has 28 heavy (non-hydrogen) atoms. The molecular formula is C24H19NO3. The van der Waals surface area contributed by atoms with Gasteiger partial charge in [-0.15, -0.1) is 0 Å². The van der Waals surface area contributed by atoms with Crippen LogP contribution in [0.1, 0.15) is 15.9 Å². The number of fused-ring (bicyclic) bond motifs is 1. The van der Waals surface area contributed by atoms with Gasteiger partial charge in [0.1, 0.15) is 0 Å². The number of rotatable bonds is 6. The zero-order chi connectivity index (χ0) is 19.3. The molecule has 1 N–H and O–H groups in total. The fourth-order valence-electron chi connectivity index (χ4n) is 3.28. The van der Waals surface area contributed by atoms with Crippen LogP contribution in [-0.2, 0) is 16.0 Å². The average molecular weight is 369 g/mol. The lowest BCUT2D eigenvalue weighted by Crippen LogP contribution is -2.16. The molecule has 0 amide bonds. The number of hydrogen-bond donors (Lipinski definition) is 1. The predicted molar refractivity (Wildman–Crippen MR) is 109 cm³/mol. The van der Waals surface area contributed by atoms with Crippen molar-refractivity contribution in [3.8, 4) is 11.3 Å². The molecule has 0 aliphatic heterocycles. The first-order valence-corrected chi connectivity index (χ1v) is 9.11. The molecule has 0 bridgehead atoms. The van der Waals surface area contributed by atoms with Gasteiger partial charge in [-0.3, -0.25) is 9.59 Å². The lowest BCUT2D eigenvalue weighted by Gasteiger charge is -2.07. The van der Waals surface area contributed by atoms with Gasteiger partial charge < -0.3 is 9.72 Å². The fourth-order valence-corrected chi connectivity index (χ4v) is 3.28. The van der Waals surface area contributed by atoms with Crippen LogP contribution in [0, 0.1) is 0 Å². The monoisotopic (exact) mass is 369 g/mol. The van der Waals surface area contributed by atoms with Crippen LogP contribution in [-0.4, -0.2) is 23.3 Å². The van der Waals surface area contributed by atoms with Gasteiger partial charge in [-0.1, -0.05) is 78.9 Å². The third kappa shape index (κ3) is 3.71. The number of esters is 1. The van der Waals surface area contributed by atoms with E-state index in [-0.39, 0.29) is 18.8 Å². The molecule has 0 atom stereocenters. The molecule has 138 valence electrons. The molecule has 0 saturated carbocycles. The molecule has 4 rings (SSSR count). The van der Waals surface area contributed by atoms with Crippen molar-refractivity contribution in [1.29, 1.82) is 0 Å². The summed E-state index contributed by atoms with van der Waals surface area (Å²) in [5.74, 6) is -0.640. The Morgan fingerprint density at radius 3 is 2.18 bits per heavy atom. The molecule has 0 fully saturated rings. The number of nitrogens with one attached hydrogen (secondary N) is 1. The predicted octanol–water partition coefficient (Wildman–Crippen LogP) is 4.80. The van der Waals surface area contributed by atoms with Gasteiger partial charge >= 0.3 is 5.97 Å². The van der Waals surface area contributed by atoms with Crippen LogP contribution in [0.15, 0.2) is 84.9 Å². The average Bonchev–Trinajstić information content (AvgIpc) is 3.13. The first-order valence-electron chi connectivity index (χ1n) is 9.11. The number of H-pyrrole nitrogens is 1. The summed E-state index contributed by atoms with van der Waals surface area (Å²) in [5, 5.41) is 0.825. The van der Waals surface area contributed by atoms with Gasteiger partial charge in [0.2, 0.25) is 5.78 Å². The maximum atomic E-state index is 13.0. The summed E-state index contributed by atoms with van der Waals surface area (Å²) in [6.45, 7) is -0.284. The van der Waals surface area contributed by atoms with Gasteiger partial charge in [-0.25, -0.2) is 0 Å². The van der Waals surface area contributed by atoms with E-state index in [9.17, 15) is 9.59 Å². The van der Waals surface area contributed by atoms with Gasteiger partial charge in [-0.2, -0.15) is 0 Å². The van der Waals surface area contributed by atoms with Crippen LogP contribution in [0.5, 0.6) is 0 Å². The largest absolute Gasteiger partial charge is 0.457 e. The molecule has 0 aliphatic rings. The van der Waals surface area contributed by atoms with E-state index >= 15 is 0 Å². The summed E-state index contributed by atoms with van der Waals surface area (Å²) in [6.07, 6.45) is 0.146. The normalized spacial score (nSPS) is 10.7. The smallest absolute Gasteiger partial charge is 0.310 e. The lowest BCUT2D eigenvalue weighted by atomic mass is 10.0. The van der Waals surface area contributed by atoms with Crippen LogP contribution in [0.25, 0.3) is 22.2 Å². The molecule has 3 aromatic carbocycles. The van der Waals surface area contributed by atoms with Crippen molar-refractivity contribution in [3.63, 3.8) is 0 Å². The Balaban J connectivity index is 1.58. The first kappa shape index (κ1) is 17.7. The van der Waals surface area contributed by atoms with E-state index in [0.29, 0.717) is 5.56 Å². The maximum Gasteiger partial charge on any atom is 0.310 e. The van der Waals surface area contributed by atoms with E-state index in [2.05, 4.69) is 4.98 Å². The second-order valence-electron chi connectivity index (χ2n) is 6.53. The number of aromatic nitrogens is 1. The molecule has 0 spiro atoms. The van der Waals surface area contributed by atoms with Crippen LogP contribution < -0.4 is 0 Å². The highest BCUT2D eigenvalue weighted by molar-refractivity contribution is 6.14. The van der Waals surface area contributed by atoms with Crippen molar-refractivity contribution in [2.45, 2.75) is 6.42 Å². The number of carbonyl (C=O) groups is 2. The van der Waals surface area contributed by atoms with Crippen LogP contribution in [0.2, 0.25) is 0 Å². The quantitative estimate of drug-likeness (QED) is 0.392. The summed E-state index contributed by atoms with van der Waals surface area (Å²) in [7, 11) is 0. The number of ketones is 1. The minimum atomic E-state index is -0.416. The highest BCUT2D eigenvalue weighted by atomic mass is 16.5. The number of carbonyl (C=O) groups excluding carboxylic acids is 2. The Hall–Kier alpha value is -3.66. The zero-order valence-electron chi connectivity index (χ0n) is 15.2. The first-order chi connectivity index (χ1) is 13.7. The number of Topliss-reactive ketones (excluding diaryl/α,β-unsaturated/α-hetero) is 1. The number of para-hydroxylation sites is 1. The van der Waals surface area contributed by atoms with E-state index < -0.39 is 5.97 Å². The zero-order valence-corrected chi connectivity index (χ0v) is 15.2. The van der Waals surface area contributed by atoms with Crippen LogP contribution in [0.4, 0.5) is 0 Å². The highest BCUT2D eigenvalue weighted by Gasteiger charge is 2.20. The SMILES string of the molecule is O=C(Cc1ccccc1)OCC(=O)c1c(-c2ccccc2)[nH]c2ccccc12. The van der Waals surface area contributed by atoms with E-state index in [1.165, 1.54) is 0 Å². The molecule has 0 saturated heterocycles.